The molecule has 0 radical (unpaired) electrons. The average Bonchev–Trinajstić information content (AvgIpc) is 2.04. The maximum atomic E-state index is 10.2. The zero-order valence-electron chi connectivity index (χ0n) is 7.82. The van der Waals surface area contributed by atoms with E-state index in [9.17, 15) is 4.79 Å². The molecule has 0 saturated carbocycles. The van der Waals surface area contributed by atoms with Crippen molar-refractivity contribution < 1.29 is 15.0 Å². The fourth-order valence-electron chi connectivity index (χ4n) is 0.697. The number of carbonyl (C=O) groups is 1. The van der Waals surface area contributed by atoms with E-state index in [1.165, 1.54) is 12.2 Å². The van der Waals surface area contributed by atoms with E-state index in [0.717, 1.165) is 18.1 Å². The standard InChI is InChI=1S/C10H14O3/c1-3-9(5-4-8(2)11)6-7-10(12)13/h4-7,11H,3H2,1-2H3,(H,12,13)/b7-6+,8-4+,9-5+. The van der Waals surface area contributed by atoms with Crippen LogP contribution in [0.15, 0.2) is 35.6 Å². The third-order valence-corrected chi connectivity index (χ3v) is 1.39. The fourth-order valence-corrected chi connectivity index (χ4v) is 0.697. The summed E-state index contributed by atoms with van der Waals surface area (Å²) in [5, 5.41) is 17.2. The van der Waals surface area contributed by atoms with Crippen LogP contribution < -0.4 is 0 Å². The zero-order valence-corrected chi connectivity index (χ0v) is 7.82. The Labute approximate surface area is 77.7 Å². The first-order chi connectivity index (χ1) is 6.06. The lowest BCUT2D eigenvalue weighted by molar-refractivity contribution is -0.131. The number of carboxylic acids is 1. The highest BCUT2D eigenvalue weighted by Gasteiger charge is 1.89. The molecule has 0 aliphatic carbocycles. The number of carboxylic acid groups (broad SMARTS) is 1. The van der Waals surface area contributed by atoms with Gasteiger partial charge < -0.3 is 10.2 Å². The summed E-state index contributed by atoms with van der Waals surface area (Å²) in [6.07, 6.45) is 6.55. The minimum absolute atomic E-state index is 0.203. The number of aliphatic carboxylic acids is 1. The van der Waals surface area contributed by atoms with E-state index < -0.39 is 5.97 Å². The first kappa shape index (κ1) is 11.5. The van der Waals surface area contributed by atoms with Gasteiger partial charge in [-0.3, -0.25) is 0 Å². The Morgan fingerprint density at radius 1 is 1.23 bits per heavy atom. The number of aliphatic hydroxyl groups excluding tert-OH is 1. The first-order valence-electron chi connectivity index (χ1n) is 4.03. The van der Waals surface area contributed by atoms with Gasteiger partial charge in [-0.2, -0.15) is 0 Å². The van der Waals surface area contributed by atoms with Gasteiger partial charge in [0.2, 0.25) is 0 Å². The summed E-state index contributed by atoms with van der Waals surface area (Å²) in [5.41, 5.74) is 0.857. The number of allylic oxidation sites excluding steroid dienone is 5. The second kappa shape index (κ2) is 6.06. The predicted molar refractivity (Wildman–Crippen MR) is 51.5 cm³/mol. The quantitative estimate of drug-likeness (QED) is 0.399. The van der Waals surface area contributed by atoms with Gasteiger partial charge in [0.25, 0.3) is 0 Å². The van der Waals surface area contributed by atoms with Gasteiger partial charge >= 0.3 is 5.97 Å². The summed E-state index contributed by atoms with van der Waals surface area (Å²) >= 11 is 0. The van der Waals surface area contributed by atoms with Crippen molar-refractivity contribution in [2.24, 2.45) is 0 Å². The Morgan fingerprint density at radius 3 is 2.23 bits per heavy atom. The van der Waals surface area contributed by atoms with Crippen molar-refractivity contribution in [1.82, 2.24) is 0 Å². The third kappa shape index (κ3) is 6.87. The van der Waals surface area contributed by atoms with E-state index in [0.29, 0.717) is 0 Å². The predicted octanol–water partition coefficient (Wildman–Crippen LogP) is 2.43. The zero-order chi connectivity index (χ0) is 10.3. The summed E-state index contributed by atoms with van der Waals surface area (Å²) in [6, 6.07) is 0. The lowest BCUT2D eigenvalue weighted by atomic mass is 10.1. The van der Waals surface area contributed by atoms with E-state index in [1.54, 1.807) is 13.0 Å². The molecule has 13 heavy (non-hydrogen) atoms. The molecule has 0 saturated heterocycles. The molecule has 3 nitrogen and oxygen atoms in total. The normalized spacial score (nSPS) is 13.7. The average molecular weight is 182 g/mol. The van der Waals surface area contributed by atoms with Crippen molar-refractivity contribution in [2.45, 2.75) is 20.3 Å². The maximum Gasteiger partial charge on any atom is 0.328 e. The molecule has 0 aliphatic rings. The summed E-state index contributed by atoms with van der Waals surface area (Å²) in [7, 11) is 0. The molecule has 0 fully saturated rings. The lowest BCUT2D eigenvalue weighted by Crippen LogP contribution is -1.86. The van der Waals surface area contributed by atoms with Crippen LogP contribution in [0.1, 0.15) is 20.3 Å². The molecule has 72 valence electrons. The molecule has 0 atom stereocenters. The minimum atomic E-state index is -0.968. The fraction of sp³-hybridized carbons (Fsp3) is 0.300. The molecule has 0 amide bonds. The molecule has 0 heterocycles. The largest absolute Gasteiger partial charge is 0.513 e. The SMILES string of the molecule is CCC(/C=C/C(=O)O)=C\C=C(/C)O. The van der Waals surface area contributed by atoms with Gasteiger partial charge in [0.15, 0.2) is 0 Å². The van der Waals surface area contributed by atoms with E-state index >= 15 is 0 Å². The van der Waals surface area contributed by atoms with Crippen LogP contribution in [0, 0.1) is 0 Å². The second-order valence-corrected chi connectivity index (χ2v) is 2.57. The van der Waals surface area contributed by atoms with Crippen molar-refractivity contribution in [3.8, 4) is 0 Å². The first-order valence-corrected chi connectivity index (χ1v) is 4.03. The van der Waals surface area contributed by atoms with Crippen LogP contribution in [0.25, 0.3) is 0 Å². The molecule has 0 unspecified atom stereocenters. The monoisotopic (exact) mass is 182 g/mol. The van der Waals surface area contributed by atoms with Crippen LogP contribution in [0.5, 0.6) is 0 Å². The summed E-state index contributed by atoms with van der Waals surface area (Å²) < 4.78 is 0. The Hall–Kier alpha value is -1.51. The van der Waals surface area contributed by atoms with E-state index in [2.05, 4.69) is 0 Å². The van der Waals surface area contributed by atoms with E-state index in [-0.39, 0.29) is 5.76 Å². The van der Waals surface area contributed by atoms with Crippen molar-refractivity contribution in [3.05, 3.63) is 35.6 Å². The van der Waals surface area contributed by atoms with Gasteiger partial charge in [-0.1, -0.05) is 19.1 Å². The highest BCUT2D eigenvalue weighted by Crippen LogP contribution is 2.03. The Kier molecular flexibility index (Phi) is 5.35. The van der Waals surface area contributed by atoms with Gasteiger partial charge in [0.1, 0.15) is 0 Å². The highest BCUT2D eigenvalue weighted by molar-refractivity contribution is 5.80. The molecular formula is C10H14O3. The van der Waals surface area contributed by atoms with Crippen LogP contribution in [0.3, 0.4) is 0 Å². The summed E-state index contributed by atoms with van der Waals surface area (Å²) in [5.74, 6) is -0.765. The van der Waals surface area contributed by atoms with Crippen LogP contribution >= 0.6 is 0 Å². The Morgan fingerprint density at radius 2 is 1.85 bits per heavy atom. The molecule has 0 aromatic heterocycles. The van der Waals surface area contributed by atoms with Gasteiger partial charge in [0, 0.05) is 6.08 Å². The van der Waals surface area contributed by atoms with Crippen molar-refractivity contribution in [2.75, 3.05) is 0 Å². The number of hydrogen-bond donors (Lipinski definition) is 2. The van der Waals surface area contributed by atoms with E-state index in [1.807, 2.05) is 6.92 Å². The second-order valence-electron chi connectivity index (χ2n) is 2.57. The van der Waals surface area contributed by atoms with Crippen LogP contribution in [-0.4, -0.2) is 16.2 Å². The number of rotatable bonds is 4. The van der Waals surface area contributed by atoms with Gasteiger partial charge in [-0.15, -0.1) is 0 Å². The highest BCUT2D eigenvalue weighted by atomic mass is 16.4. The van der Waals surface area contributed by atoms with Crippen LogP contribution in [-0.2, 0) is 4.79 Å². The lowest BCUT2D eigenvalue weighted by Gasteiger charge is -1.93. The molecule has 0 spiro atoms. The van der Waals surface area contributed by atoms with Crippen LogP contribution in [0.2, 0.25) is 0 Å². The molecule has 0 aliphatic heterocycles. The number of hydrogen-bond acceptors (Lipinski definition) is 2. The summed E-state index contributed by atoms with van der Waals surface area (Å²) in [6.45, 7) is 3.48. The van der Waals surface area contributed by atoms with Crippen molar-refractivity contribution in [1.29, 1.82) is 0 Å². The molecule has 3 heteroatoms. The third-order valence-electron chi connectivity index (χ3n) is 1.39. The smallest absolute Gasteiger partial charge is 0.328 e. The molecule has 0 bridgehead atoms. The maximum absolute atomic E-state index is 10.2. The Balaban J connectivity index is 4.43. The topological polar surface area (TPSA) is 57.5 Å². The molecule has 0 aromatic carbocycles. The van der Waals surface area contributed by atoms with Crippen molar-refractivity contribution in [3.63, 3.8) is 0 Å². The van der Waals surface area contributed by atoms with Gasteiger partial charge in [0.05, 0.1) is 5.76 Å². The molecule has 0 rings (SSSR count). The summed E-state index contributed by atoms with van der Waals surface area (Å²) in [4.78, 5) is 10.2. The van der Waals surface area contributed by atoms with Gasteiger partial charge in [-0.05, 0) is 25.0 Å². The molecular weight excluding hydrogens is 168 g/mol. The van der Waals surface area contributed by atoms with Crippen molar-refractivity contribution >= 4 is 5.97 Å². The minimum Gasteiger partial charge on any atom is -0.513 e. The number of aliphatic hydroxyl groups is 1. The van der Waals surface area contributed by atoms with E-state index in [4.69, 9.17) is 10.2 Å². The molecule has 2 N–H and O–H groups in total. The Bertz CT molecular complexity index is 255. The molecule has 0 aromatic rings. The van der Waals surface area contributed by atoms with Crippen LogP contribution in [0.4, 0.5) is 0 Å². The van der Waals surface area contributed by atoms with Gasteiger partial charge in [-0.25, -0.2) is 4.79 Å².